The van der Waals surface area contributed by atoms with Gasteiger partial charge < -0.3 is 0 Å². The van der Waals surface area contributed by atoms with Crippen molar-refractivity contribution >= 4 is 6.21 Å². The van der Waals surface area contributed by atoms with Crippen LogP contribution in [0.5, 0.6) is 0 Å². The second kappa shape index (κ2) is 5.01. The average molecular weight is 97.1 g/mol. The van der Waals surface area contributed by atoms with Crippen LogP contribution in [0.25, 0.3) is 0 Å². The van der Waals surface area contributed by atoms with Gasteiger partial charge in [0.25, 0.3) is 0 Å². The lowest BCUT2D eigenvalue weighted by atomic mass is 10.6. The molecule has 0 amide bonds. The van der Waals surface area contributed by atoms with Gasteiger partial charge in [-0.1, -0.05) is 11.3 Å². The Morgan fingerprint density at radius 3 is 2.71 bits per heavy atom. The van der Waals surface area contributed by atoms with E-state index in [9.17, 15) is 0 Å². The van der Waals surface area contributed by atoms with Crippen LogP contribution in [0.4, 0.5) is 0 Å². The Balaban J connectivity index is 3.27. The molecule has 0 aromatic carbocycles. The van der Waals surface area contributed by atoms with Crippen LogP contribution < -0.4 is 0 Å². The predicted octanol–water partition coefficient (Wildman–Crippen LogP) is 1.58. The van der Waals surface area contributed by atoms with Gasteiger partial charge >= 0.3 is 0 Å². The van der Waals surface area contributed by atoms with E-state index in [1.165, 1.54) is 6.21 Å². The van der Waals surface area contributed by atoms with Crippen molar-refractivity contribution in [3.63, 3.8) is 0 Å². The maximum Gasteiger partial charge on any atom is 0.0510 e. The Kier molecular flexibility index (Phi) is 4.30. The summed E-state index contributed by atoms with van der Waals surface area (Å²) in [6, 6.07) is 0. The Morgan fingerprint density at radius 2 is 2.29 bits per heavy atom. The number of nitrogens with one attached hydrogen (secondary N) is 1. The highest BCUT2D eigenvalue weighted by atomic mass is 15.3. The van der Waals surface area contributed by atoms with Gasteiger partial charge in [0.2, 0.25) is 0 Å². The van der Waals surface area contributed by atoms with Crippen molar-refractivity contribution in [2.24, 2.45) is 10.3 Å². The van der Waals surface area contributed by atoms with Gasteiger partial charge in [0.05, 0.1) is 6.21 Å². The normalized spacial score (nSPS) is 11.0. The van der Waals surface area contributed by atoms with Gasteiger partial charge in [-0.3, -0.25) is 0 Å². The van der Waals surface area contributed by atoms with Crippen LogP contribution in [0, 0.1) is 5.53 Å². The highest BCUT2D eigenvalue weighted by Crippen LogP contribution is 1.66. The van der Waals surface area contributed by atoms with E-state index >= 15 is 0 Å². The first-order valence-corrected chi connectivity index (χ1v) is 1.93. The van der Waals surface area contributed by atoms with E-state index in [-0.39, 0.29) is 0 Å². The lowest BCUT2D eigenvalue weighted by Crippen LogP contribution is -1.55. The average Bonchev–Trinajstić information content (AvgIpc) is 1.69. The molecule has 0 aliphatic heterocycles. The van der Waals surface area contributed by atoms with Gasteiger partial charge in [0, 0.05) is 0 Å². The molecule has 0 aliphatic rings. The maximum absolute atomic E-state index is 6.17. The quantitative estimate of drug-likeness (QED) is 0.309. The number of hydrogen-bond acceptors (Lipinski definition) is 2. The summed E-state index contributed by atoms with van der Waals surface area (Å²) in [5.74, 6) is 0. The van der Waals surface area contributed by atoms with Gasteiger partial charge in [-0.2, -0.15) is 5.53 Å². The lowest BCUT2D eigenvalue weighted by molar-refractivity contribution is 0.997. The molecule has 3 heteroatoms. The summed E-state index contributed by atoms with van der Waals surface area (Å²) in [6.45, 7) is 1.87. The molecule has 0 bridgehead atoms. The van der Waals surface area contributed by atoms with Gasteiger partial charge in [-0.25, -0.2) is 0 Å². The molecule has 0 aliphatic carbocycles. The molecule has 0 aromatic heterocycles. The molecule has 3 nitrogen and oxygen atoms in total. The molecule has 7 heavy (non-hydrogen) atoms. The van der Waals surface area contributed by atoms with Gasteiger partial charge in [-0.15, -0.1) is 5.10 Å². The lowest BCUT2D eigenvalue weighted by Gasteiger charge is -1.63. The van der Waals surface area contributed by atoms with Crippen molar-refractivity contribution in [1.82, 2.24) is 0 Å². The zero-order valence-corrected chi connectivity index (χ0v) is 4.13. The minimum absolute atomic E-state index is 1.45. The zero-order chi connectivity index (χ0) is 5.54. The minimum atomic E-state index is 1.45. The van der Waals surface area contributed by atoms with Crippen LogP contribution in [0.1, 0.15) is 6.92 Å². The van der Waals surface area contributed by atoms with Crippen LogP contribution in [0.15, 0.2) is 22.5 Å². The van der Waals surface area contributed by atoms with Gasteiger partial charge in [0.15, 0.2) is 0 Å². The number of rotatable bonds is 2. The Labute approximate surface area is 42.2 Å². The first-order valence-electron chi connectivity index (χ1n) is 1.93. The highest BCUT2D eigenvalue weighted by Gasteiger charge is 1.54. The standard InChI is InChI=1S/C4H7N3/c1-2-3-4-6-7-5/h2-5H,1H3/b3-2-,6-4-,7-5?. The minimum Gasteiger partial charge on any atom is -0.185 e. The molecule has 0 unspecified atom stereocenters. The third-order valence-electron chi connectivity index (χ3n) is 0.403. The van der Waals surface area contributed by atoms with E-state index in [0.717, 1.165) is 0 Å². The molecule has 0 heterocycles. The zero-order valence-electron chi connectivity index (χ0n) is 4.13. The second-order valence-corrected chi connectivity index (χ2v) is 0.890. The molecule has 0 saturated carbocycles. The smallest absolute Gasteiger partial charge is 0.0510 e. The maximum atomic E-state index is 6.17. The monoisotopic (exact) mass is 97.1 g/mol. The third-order valence-corrected chi connectivity index (χ3v) is 0.403. The summed E-state index contributed by atoms with van der Waals surface area (Å²) in [5.41, 5.74) is 6.17. The summed E-state index contributed by atoms with van der Waals surface area (Å²) >= 11 is 0. The second-order valence-electron chi connectivity index (χ2n) is 0.890. The summed E-state index contributed by atoms with van der Waals surface area (Å²) in [6.07, 6.45) is 4.97. The van der Waals surface area contributed by atoms with Crippen LogP contribution in [0.2, 0.25) is 0 Å². The number of allylic oxidation sites excluding steroid dienone is 2. The summed E-state index contributed by atoms with van der Waals surface area (Å²) < 4.78 is 0. The third kappa shape index (κ3) is 5.01. The van der Waals surface area contributed by atoms with E-state index in [1.807, 2.05) is 13.0 Å². The largest absolute Gasteiger partial charge is 0.185 e. The Morgan fingerprint density at radius 1 is 1.57 bits per heavy atom. The molecular weight excluding hydrogens is 90.1 g/mol. The fraction of sp³-hybridized carbons (Fsp3) is 0.250. The number of hydrogen-bond donors (Lipinski definition) is 1. The van der Waals surface area contributed by atoms with E-state index in [0.29, 0.717) is 0 Å². The van der Waals surface area contributed by atoms with Crippen molar-refractivity contribution in [2.75, 3.05) is 0 Å². The molecule has 1 N–H and O–H groups in total. The van der Waals surface area contributed by atoms with E-state index in [4.69, 9.17) is 5.53 Å². The summed E-state index contributed by atoms with van der Waals surface area (Å²) in [7, 11) is 0. The van der Waals surface area contributed by atoms with Crippen molar-refractivity contribution in [3.05, 3.63) is 12.2 Å². The number of nitrogens with zero attached hydrogens (tertiary/aromatic N) is 2. The molecule has 0 spiro atoms. The van der Waals surface area contributed by atoms with Gasteiger partial charge in [0.1, 0.15) is 0 Å². The highest BCUT2D eigenvalue weighted by molar-refractivity contribution is 5.70. The van der Waals surface area contributed by atoms with Crippen molar-refractivity contribution in [1.29, 1.82) is 5.53 Å². The molecule has 0 aromatic rings. The van der Waals surface area contributed by atoms with Crippen molar-refractivity contribution < 1.29 is 0 Å². The summed E-state index contributed by atoms with van der Waals surface area (Å²) in [4.78, 5) is 0. The van der Waals surface area contributed by atoms with Crippen LogP contribution in [-0.4, -0.2) is 6.21 Å². The topological polar surface area (TPSA) is 48.6 Å². The molecule has 38 valence electrons. The Bertz CT molecular complexity index is 93.1. The molecule has 0 radical (unpaired) electrons. The van der Waals surface area contributed by atoms with Crippen LogP contribution in [-0.2, 0) is 0 Å². The fourth-order valence-corrected chi connectivity index (χ4v) is 0.158. The molecule has 0 atom stereocenters. The van der Waals surface area contributed by atoms with Gasteiger partial charge in [-0.05, 0) is 13.0 Å². The van der Waals surface area contributed by atoms with E-state index in [2.05, 4.69) is 10.3 Å². The van der Waals surface area contributed by atoms with Crippen molar-refractivity contribution in [3.8, 4) is 0 Å². The Hall–Kier alpha value is -0.990. The molecule has 0 fully saturated rings. The first kappa shape index (κ1) is 6.01. The van der Waals surface area contributed by atoms with Crippen molar-refractivity contribution in [2.45, 2.75) is 6.92 Å². The van der Waals surface area contributed by atoms with Crippen LogP contribution >= 0.6 is 0 Å². The summed E-state index contributed by atoms with van der Waals surface area (Å²) in [5, 5.41) is 5.98. The van der Waals surface area contributed by atoms with Crippen LogP contribution in [0.3, 0.4) is 0 Å². The molecule has 0 rings (SSSR count). The SMILES string of the molecule is C/C=C\C=N/N=N. The van der Waals surface area contributed by atoms with E-state index < -0.39 is 0 Å². The molecule has 0 saturated heterocycles. The molecular formula is C4H7N3. The first-order chi connectivity index (χ1) is 3.41. The fourth-order valence-electron chi connectivity index (χ4n) is 0.158. The predicted molar refractivity (Wildman–Crippen MR) is 28.5 cm³/mol. The van der Waals surface area contributed by atoms with E-state index in [1.54, 1.807) is 6.08 Å².